The minimum Gasteiger partial charge on any atom is -0.329 e. The molecule has 2 amide bonds. The van der Waals surface area contributed by atoms with Gasteiger partial charge in [0.1, 0.15) is 0 Å². The highest BCUT2D eigenvalue weighted by Gasteiger charge is 2.42. The number of ketones is 1. The van der Waals surface area contributed by atoms with Crippen LogP contribution in [0.5, 0.6) is 0 Å². The summed E-state index contributed by atoms with van der Waals surface area (Å²) in [6.45, 7) is 3.94. The molecule has 25 heavy (non-hydrogen) atoms. The van der Waals surface area contributed by atoms with E-state index in [1.807, 2.05) is 13.8 Å². The van der Waals surface area contributed by atoms with Gasteiger partial charge >= 0.3 is 0 Å². The molecule has 0 aromatic heterocycles. The predicted octanol–water partition coefficient (Wildman–Crippen LogP) is 3.71. The van der Waals surface area contributed by atoms with Gasteiger partial charge in [0.15, 0.2) is 5.78 Å². The highest BCUT2D eigenvalue weighted by Crippen LogP contribution is 2.41. The summed E-state index contributed by atoms with van der Waals surface area (Å²) in [7, 11) is 0. The molecule has 1 aliphatic heterocycles. The molecule has 1 heterocycles. The quantitative estimate of drug-likeness (QED) is 0.820. The van der Waals surface area contributed by atoms with Gasteiger partial charge in [-0.05, 0) is 30.0 Å². The molecule has 5 nitrogen and oxygen atoms in total. The third-order valence-corrected chi connectivity index (χ3v) is 4.83. The van der Waals surface area contributed by atoms with Crippen LogP contribution in [0.4, 0.5) is 5.69 Å². The zero-order valence-electron chi connectivity index (χ0n) is 13.9. The highest BCUT2D eigenvalue weighted by atomic mass is 35.5. The average molecular weight is 381 g/mol. The number of rotatable bonds is 2. The van der Waals surface area contributed by atoms with Gasteiger partial charge in [-0.3, -0.25) is 14.4 Å². The number of benzene rings is 1. The molecule has 2 N–H and O–H groups in total. The minimum atomic E-state index is -0.801. The predicted molar refractivity (Wildman–Crippen MR) is 96.4 cm³/mol. The Morgan fingerprint density at radius 1 is 1.16 bits per heavy atom. The lowest BCUT2D eigenvalue weighted by Crippen LogP contribution is -2.44. The lowest BCUT2D eigenvalue weighted by atomic mass is 9.71. The van der Waals surface area contributed by atoms with Gasteiger partial charge in [-0.25, -0.2) is 0 Å². The first kappa shape index (κ1) is 18.0. The molecule has 1 aromatic carbocycles. The molecule has 0 fully saturated rings. The highest BCUT2D eigenvalue weighted by molar-refractivity contribution is 6.35. The summed E-state index contributed by atoms with van der Waals surface area (Å²) in [5.41, 5.74) is 1.19. The number of hydrogen-bond donors (Lipinski definition) is 2. The molecule has 0 unspecified atom stereocenters. The largest absolute Gasteiger partial charge is 0.329 e. The number of hydrogen-bond acceptors (Lipinski definition) is 3. The standard InChI is InChI=1S/C18H18Cl2N2O3/c1-18(2)7-13-16(14(23)8-18)12(6-15(24)22-13)17(25)21-11-4-9(19)3-10(20)5-11/h3-5,12H,6-8H2,1-2H3,(H,21,25)(H,22,24)/t12-/m1/s1. The third-order valence-electron chi connectivity index (χ3n) is 4.39. The zero-order chi connectivity index (χ0) is 18.4. The van der Waals surface area contributed by atoms with Gasteiger partial charge in [-0.15, -0.1) is 0 Å². The molecule has 0 spiro atoms. The maximum Gasteiger partial charge on any atom is 0.232 e. The van der Waals surface area contributed by atoms with Crippen molar-refractivity contribution in [3.8, 4) is 0 Å². The van der Waals surface area contributed by atoms with E-state index in [0.717, 1.165) is 0 Å². The zero-order valence-corrected chi connectivity index (χ0v) is 15.4. The molecule has 0 bridgehead atoms. The van der Waals surface area contributed by atoms with E-state index in [-0.39, 0.29) is 23.5 Å². The summed E-state index contributed by atoms with van der Waals surface area (Å²) in [4.78, 5) is 37.4. The van der Waals surface area contributed by atoms with Crippen LogP contribution in [0.25, 0.3) is 0 Å². The number of halogens is 2. The molecule has 1 aromatic rings. The summed E-state index contributed by atoms with van der Waals surface area (Å²) in [5.74, 6) is -1.55. The molecule has 132 valence electrons. The fourth-order valence-corrected chi connectivity index (χ4v) is 3.96. The Bertz CT molecular complexity index is 794. The lowest BCUT2D eigenvalue weighted by molar-refractivity contribution is -0.129. The van der Waals surface area contributed by atoms with Crippen LogP contribution in [-0.4, -0.2) is 17.6 Å². The number of anilines is 1. The first-order chi connectivity index (χ1) is 11.6. The molecule has 7 heteroatoms. The van der Waals surface area contributed by atoms with Crippen molar-refractivity contribution < 1.29 is 14.4 Å². The van der Waals surface area contributed by atoms with Gasteiger partial charge in [0.2, 0.25) is 11.8 Å². The molecule has 0 radical (unpaired) electrons. The maximum atomic E-state index is 12.7. The Morgan fingerprint density at radius 2 is 1.80 bits per heavy atom. The molecule has 2 aliphatic rings. The molecule has 3 rings (SSSR count). The van der Waals surface area contributed by atoms with E-state index in [1.54, 1.807) is 18.2 Å². The second-order valence-corrected chi connectivity index (χ2v) is 8.16. The average Bonchev–Trinajstić information content (AvgIpc) is 2.43. The van der Waals surface area contributed by atoms with Gasteiger partial charge in [0, 0.05) is 39.8 Å². The first-order valence-electron chi connectivity index (χ1n) is 7.98. The minimum absolute atomic E-state index is 0.0505. The van der Waals surface area contributed by atoms with Gasteiger partial charge in [-0.2, -0.15) is 0 Å². The number of amides is 2. The number of carbonyl (C=O) groups excluding carboxylic acids is 3. The normalized spacial score (nSPS) is 22.3. The summed E-state index contributed by atoms with van der Waals surface area (Å²) in [6, 6.07) is 4.69. The summed E-state index contributed by atoms with van der Waals surface area (Å²) in [5, 5.41) is 6.26. The van der Waals surface area contributed by atoms with E-state index in [9.17, 15) is 14.4 Å². The van der Waals surface area contributed by atoms with Crippen LogP contribution in [0.1, 0.15) is 33.1 Å². The summed E-state index contributed by atoms with van der Waals surface area (Å²) >= 11 is 11.9. The Hall–Kier alpha value is -1.85. The van der Waals surface area contributed by atoms with Crippen molar-refractivity contribution >= 4 is 46.5 Å². The van der Waals surface area contributed by atoms with Crippen molar-refractivity contribution in [1.29, 1.82) is 0 Å². The van der Waals surface area contributed by atoms with E-state index in [1.165, 1.54) is 0 Å². The van der Waals surface area contributed by atoms with Crippen molar-refractivity contribution in [2.75, 3.05) is 5.32 Å². The Balaban J connectivity index is 1.91. The Morgan fingerprint density at radius 3 is 2.44 bits per heavy atom. The van der Waals surface area contributed by atoms with Crippen LogP contribution < -0.4 is 10.6 Å². The second kappa shape index (κ2) is 6.46. The Kier molecular flexibility index (Phi) is 4.64. The van der Waals surface area contributed by atoms with Crippen LogP contribution in [0, 0.1) is 11.3 Å². The van der Waals surface area contributed by atoms with Crippen molar-refractivity contribution in [3.63, 3.8) is 0 Å². The van der Waals surface area contributed by atoms with E-state index in [4.69, 9.17) is 23.2 Å². The fourth-order valence-electron chi connectivity index (χ4n) is 3.44. The van der Waals surface area contributed by atoms with Crippen LogP contribution in [-0.2, 0) is 14.4 Å². The molecule has 1 atom stereocenters. The fraction of sp³-hybridized carbons (Fsp3) is 0.389. The molecular formula is C18H18Cl2N2O3. The topological polar surface area (TPSA) is 75.3 Å². The van der Waals surface area contributed by atoms with E-state index < -0.39 is 11.8 Å². The van der Waals surface area contributed by atoms with Crippen LogP contribution in [0.2, 0.25) is 10.0 Å². The number of nitrogens with one attached hydrogen (secondary N) is 2. The van der Waals surface area contributed by atoms with E-state index >= 15 is 0 Å². The smallest absolute Gasteiger partial charge is 0.232 e. The van der Waals surface area contributed by atoms with E-state index in [2.05, 4.69) is 10.6 Å². The number of carbonyl (C=O) groups is 3. The van der Waals surface area contributed by atoms with Gasteiger partial charge in [0.05, 0.1) is 5.92 Å². The van der Waals surface area contributed by atoms with Gasteiger partial charge in [0.25, 0.3) is 0 Å². The number of Topliss-reactive ketones (excluding diaryl/α,β-unsaturated/α-hetero) is 1. The summed E-state index contributed by atoms with van der Waals surface area (Å²) < 4.78 is 0. The lowest BCUT2D eigenvalue weighted by Gasteiger charge is -2.37. The molecule has 0 saturated heterocycles. The Labute approximate surface area is 155 Å². The van der Waals surface area contributed by atoms with Crippen molar-refractivity contribution in [2.24, 2.45) is 11.3 Å². The third kappa shape index (κ3) is 3.88. The molecule has 1 aliphatic carbocycles. The van der Waals surface area contributed by atoms with Crippen molar-refractivity contribution in [1.82, 2.24) is 5.32 Å². The molecular weight excluding hydrogens is 363 g/mol. The molecule has 0 saturated carbocycles. The van der Waals surface area contributed by atoms with E-state index in [0.29, 0.717) is 39.8 Å². The van der Waals surface area contributed by atoms with Gasteiger partial charge in [-0.1, -0.05) is 37.0 Å². The van der Waals surface area contributed by atoms with Crippen LogP contribution in [0.3, 0.4) is 0 Å². The number of allylic oxidation sites excluding steroid dienone is 1. The van der Waals surface area contributed by atoms with Crippen LogP contribution in [0.15, 0.2) is 29.5 Å². The summed E-state index contributed by atoms with van der Waals surface area (Å²) in [6.07, 6.45) is 0.867. The SMILES string of the molecule is CC1(C)CC(=O)C2=C(C1)NC(=O)C[C@H]2C(=O)Nc1cc(Cl)cc(Cl)c1. The second-order valence-electron chi connectivity index (χ2n) is 7.29. The van der Waals surface area contributed by atoms with Crippen LogP contribution >= 0.6 is 23.2 Å². The van der Waals surface area contributed by atoms with Gasteiger partial charge < -0.3 is 10.6 Å². The van der Waals surface area contributed by atoms with Crippen molar-refractivity contribution in [3.05, 3.63) is 39.5 Å². The maximum absolute atomic E-state index is 12.7. The van der Waals surface area contributed by atoms with Crippen molar-refractivity contribution in [2.45, 2.75) is 33.1 Å². The monoisotopic (exact) mass is 380 g/mol. The first-order valence-corrected chi connectivity index (χ1v) is 8.73.